The highest BCUT2D eigenvalue weighted by molar-refractivity contribution is 4.85. The first-order valence-corrected chi connectivity index (χ1v) is 3.31. The molecule has 0 unspecified atom stereocenters. The molecule has 1 rings (SSSR count). The molecule has 0 N–H and O–H groups in total. The van der Waals surface area contributed by atoms with E-state index in [1.807, 2.05) is 13.8 Å². The maximum atomic E-state index is 8.45. The van der Waals surface area contributed by atoms with Crippen molar-refractivity contribution < 1.29 is 9.47 Å². The summed E-state index contributed by atoms with van der Waals surface area (Å²) in [6, 6.07) is 2.09. The second-order valence-corrected chi connectivity index (χ2v) is 2.85. The van der Waals surface area contributed by atoms with Gasteiger partial charge in [0.25, 0.3) is 0 Å². The standard InChI is InChI=1S/C7H11NO2/c1-7(2)9-4-6(3-8)5-10-7/h6H,4-5H2,1-2H3. The van der Waals surface area contributed by atoms with Crippen molar-refractivity contribution in [3.63, 3.8) is 0 Å². The van der Waals surface area contributed by atoms with Crippen LogP contribution in [0.5, 0.6) is 0 Å². The Hall–Kier alpha value is -0.590. The molecule has 3 nitrogen and oxygen atoms in total. The zero-order valence-corrected chi connectivity index (χ0v) is 6.26. The molecule has 10 heavy (non-hydrogen) atoms. The Labute approximate surface area is 60.5 Å². The summed E-state index contributed by atoms with van der Waals surface area (Å²) in [4.78, 5) is 0. The summed E-state index contributed by atoms with van der Waals surface area (Å²) in [7, 11) is 0. The zero-order valence-electron chi connectivity index (χ0n) is 6.26. The van der Waals surface area contributed by atoms with Crippen molar-refractivity contribution in [2.45, 2.75) is 19.6 Å². The number of nitrogens with zero attached hydrogens (tertiary/aromatic N) is 1. The SMILES string of the molecule is CC1(C)OCC(C#N)CO1. The summed E-state index contributed by atoms with van der Waals surface area (Å²) in [5.41, 5.74) is 0. The van der Waals surface area contributed by atoms with Crippen LogP contribution in [0.15, 0.2) is 0 Å². The van der Waals surface area contributed by atoms with Gasteiger partial charge in [-0.05, 0) is 13.8 Å². The molecule has 1 fully saturated rings. The molecule has 0 saturated carbocycles. The molecule has 1 heterocycles. The highest BCUT2D eigenvalue weighted by Gasteiger charge is 2.27. The molecular weight excluding hydrogens is 130 g/mol. The average molecular weight is 141 g/mol. The number of rotatable bonds is 0. The van der Waals surface area contributed by atoms with E-state index in [9.17, 15) is 0 Å². The first-order valence-electron chi connectivity index (χ1n) is 3.31. The minimum Gasteiger partial charge on any atom is -0.349 e. The van der Waals surface area contributed by atoms with Crippen molar-refractivity contribution in [3.8, 4) is 6.07 Å². The van der Waals surface area contributed by atoms with Gasteiger partial charge in [0.15, 0.2) is 5.79 Å². The summed E-state index contributed by atoms with van der Waals surface area (Å²) >= 11 is 0. The molecule has 0 aliphatic carbocycles. The highest BCUT2D eigenvalue weighted by atomic mass is 16.7. The molecular formula is C7H11NO2. The van der Waals surface area contributed by atoms with Crippen LogP contribution in [-0.2, 0) is 9.47 Å². The van der Waals surface area contributed by atoms with Gasteiger partial charge in [0.05, 0.1) is 25.2 Å². The molecule has 56 valence electrons. The number of nitriles is 1. The Bertz CT molecular complexity index is 149. The van der Waals surface area contributed by atoms with Gasteiger partial charge in [-0.1, -0.05) is 0 Å². The van der Waals surface area contributed by atoms with E-state index in [1.54, 1.807) is 0 Å². The van der Waals surface area contributed by atoms with E-state index in [4.69, 9.17) is 14.7 Å². The lowest BCUT2D eigenvalue weighted by Crippen LogP contribution is -2.38. The van der Waals surface area contributed by atoms with Gasteiger partial charge >= 0.3 is 0 Å². The molecule has 0 spiro atoms. The second kappa shape index (κ2) is 2.57. The summed E-state index contributed by atoms with van der Waals surface area (Å²) in [6.45, 7) is 4.67. The van der Waals surface area contributed by atoms with Crippen LogP contribution in [0.4, 0.5) is 0 Å². The predicted molar refractivity (Wildman–Crippen MR) is 35.1 cm³/mol. The van der Waals surface area contributed by atoms with Gasteiger partial charge < -0.3 is 9.47 Å². The monoisotopic (exact) mass is 141 g/mol. The minimum absolute atomic E-state index is 0.0898. The van der Waals surface area contributed by atoms with Gasteiger partial charge in [-0.3, -0.25) is 0 Å². The largest absolute Gasteiger partial charge is 0.349 e. The van der Waals surface area contributed by atoms with E-state index in [0.717, 1.165) is 0 Å². The van der Waals surface area contributed by atoms with Crippen LogP contribution in [0.25, 0.3) is 0 Å². The molecule has 3 heteroatoms. The van der Waals surface area contributed by atoms with Crippen LogP contribution in [-0.4, -0.2) is 19.0 Å². The first-order chi connectivity index (χ1) is 4.64. The first kappa shape index (κ1) is 7.52. The fraction of sp³-hybridized carbons (Fsp3) is 0.857. The molecule has 0 radical (unpaired) electrons. The Morgan fingerprint density at radius 2 is 1.90 bits per heavy atom. The van der Waals surface area contributed by atoms with Crippen molar-refractivity contribution in [2.75, 3.05) is 13.2 Å². The van der Waals surface area contributed by atoms with Gasteiger partial charge in [-0.25, -0.2) is 0 Å². The molecule has 0 atom stereocenters. The lowest BCUT2D eigenvalue weighted by Gasteiger charge is -2.32. The van der Waals surface area contributed by atoms with E-state index < -0.39 is 5.79 Å². The van der Waals surface area contributed by atoms with Gasteiger partial charge in [0.1, 0.15) is 0 Å². The van der Waals surface area contributed by atoms with E-state index in [1.165, 1.54) is 0 Å². The van der Waals surface area contributed by atoms with Crippen LogP contribution < -0.4 is 0 Å². The second-order valence-electron chi connectivity index (χ2n) is 2.85. The smallest absolute Gasteiger partial charge is 0.162 e. The van der Waals surface area contributed by atoms with Crippen molar-refractivity contribution in [3.05, 3.63) is 0 Å². The predicted octanol–water partition coefficient (Wildman–Crippen LogP) is 0.909. The summed E-state index contributed by atoms with van der Waals surface area (Å²) in [5.74, 6) is -0.583. The summed E-state index contributed by atoms with van der Waals surface area (Å²) < 4.78 is 10.4. The van der Waals surface area contributed by atoms with E-state index >= 15 is 0 Å². The molecule has 1 aliphatic rings. The van der Waals surface area contributed by atoms with Crippen molar-refractivity contribution in [1.82, 2.24) is 0 Å². The number of hydrogen-bond acceptors (Lipinski definition) is 3. The molecule has 0 aromatic carbocycles. The maximum absolute atomic E-state index is 8.45. The van der Waals surface area contributed by atoms with Crippen molar-refractivity contribution in [1.29, 1.82) is 5.26 Å². The molecule has 1 aliphatic heterocycles. The van der Waals surface area contributed by atoms with Gasteiger partial charge in [0, 0.05) is 0 Å². The topological polar surface area (TPSA) is 42.2 Å². The Morgan fingerprint density at radius 1 is 1.40 bits per heavy atom. The van der Waals surface area contributed by atoms with Gasteiger partial charge in [-0.15, -0.1) is 0 Å². The molecule has 1 saturated heterocycles. The fourth-order valence-corrected chi connectivity index (χ4v) is 0.767. The fourth-order valence-electron chi connectivity index (χ4n) is 0.767. The number of ether oxygens (including phenoxy) is 2. The van der Waals surface area contributed by atoms with E-state index in [0.29, 0.717) is 13.2 Å². The third-order valence-corrected chi connectivity index (χ3v) is 1.45. The Balaban J connectivity index is 2.40. The van der Waals surface area contributed by atoms with Gasteiger partial charge in [0.2, 0.25) is 0 Å². The molecule has 0 aromatic rings. The lowest BCUT2D eigenvalue weighted by molar-refractivity contribution is -0.255. The maximum Gasteiger partial charge on any atom is 0.162 e. The average Bonchev–Trinajstić information content (AvgIpc) is 1.88. The normalized spacial score (nSPS) is 25.7. The molecule has 0 amide bonds. The van der Waals surface area contributed by atoms with Crippen LogP contribution in [0.2, 0.25) is 0 Å². The zero-order chi connectivity index (χ0) is 7.61. The van der Waals surface area contributed by atoms with Gasteiger partial charge in [-0.2, -0.15) is 5.26 Å². The van der Waals surface area contributed by atoms with Crippen LogP contribution in [0.3, 0.4) is 0 Å². The Morgan fingerprint density at radius 3 is 2.30 bits per heavy atom. The van der Waals surface area contributed by atoms with Crippen molar-refractivity contribution >= 4 is 0 Å². The third-order valence-electron chi connectivity index (χ3n) is 1.45. The van der Waals surface area contributed by atoms with Crippen LogP contribution in [0, 0.1) is 17.2 Å². The summed E-state index contributed by atoms with van der Waals surface area (Å²) in [6.07, 6.45) is 0. The molecule has 0 bridgehead atoms. The Kier molecular flexibility index (Phi) is 1.93. The van der Waals surface area contributed by atoms with Crippen molar-refractivity contribution in [2.24, 2.45) is 5.92 Å². The van der Waals surface area contributed by atoms with E-state index in [2.05, 4.69) is 6.07 Å². The van der Waals surface area contributed by atoms with Crippen LogP contribution in [0.1, 0.15) is 13.8 Å². The van der Waals surface area contributed by atoms with E-state index in [-0.39, 0.29) is 5.92 Å². The number of hydrogen-bond donors (Lipinski definition) is 0. The van der Waals surface area contributed by atoms with Crippen LogP contribution >= 0.6 is 0 Å². The summed E-state index contributed by atoms with van der Waals surface area (Å²) in [5, 5.41) is 8.45. The highest BCUT2D eigenvalue weighted by Crippen LogP contribution is 2.19. The third kappa shape index (κ3) is 1.69. The molecule has 0 aromatic heterocycles. The lowest BCUT2D eigenvalue weighted by atomic mass is 10.2. The quantitative estimate of drug-likeness (QED) is 0.503. The minimum atomic E-state index is -0.493.